The van der Waals surface area contributed by atoms with E-state index in [2.05, 4.69) is 6.58 Å². The third-order valence-corrected chi connectivity index (χ3v) is 5.58. The molecule has 0 aliphatic carbocycles. The smallest absolute Gasteiger partial charge is 0.366 e. The third kappa shape index (κ3) is 3.51. The summed E-state index contributed by atoms with van der Waals surface area (Å²) in [5, 5.41) is 9.68. The fraction of sp³-hybridized carbons (Fsp3) is 0.429. The van der Waals surface area contributed by atoms with Crippen LogP contribution in [0, 0.1) is 0 Å². The minimum Gasteiger partial charge on any atom is -0.373 e. The second-order valence-corrected chi connectivity index (χ2v) is 6.84. The van der Waals surface area contributed by atoms with Crippen molar-refractivity contribution >= 4 is 19.2 Å². The largest absolute Gasteiger partial charge is 0.373 e. The summed E-state index contributed by atoms with van der Waals surface area (Å²) < 4.78 is 23.5. The Morgan fingerprint density at radius 1 is 1.30 bits per heavy atom. The van der Waals surface area contributed by atoms with Crippen molar-refractivity contribution in [2.45, 2.75) is 25.6 Å². The van der Waals surface area contributed by atoms with Gasteiger partial charge in [-0.3, -0.25) is 4.57 Å². The first-order valence-electron chi connectivity index (χ1n) is 6.42. The van der Waals surface area contributed by atoms with Crippen LogP contribution in [0.15, 0.2) is 36.9 Å². The monoisotopic (exact) mass is 318 g/mol. The lowest BCUT2D eigenvalue weighted by molar-refractivity contribution is 0.0676. The lowest BCUT2D eigenvalue weighted by Gasteiger charge is -2.34. The van der Waals surface area contributed by atoms with Gasteiger partial charge >= 0.3 is 7.60 Å². The summed E-state index contributed by atoms with van der Waals surface area (Å²) in [5.74, 6) is 0. The van der Waals surface area contributed by atoms with E-state index in [4.69, 9.17) is 20.6 Å². The summed E-state index contributed by atoms with van der Waals surface area (Å²) in [7, 11) is -3.75. The molecule has 0 spiro atoms. The summed E-state index contributed by atoms with van der Waals surface area (Å²) in [4.78, 5) is 0. The number of benzene rings is 1. The van der Waals surface area contributed by atoms with Gasteiger partial charge < -0.3 is 14.2 Å². The van der Waals surface area contributed by atoms with Crippen molar-refractivity contribution in [3.63, 3.8) is 0 Å². The standard InChI is InChI=1S/C14H20ClO4P/c1-4-11-14(16,12-7-9-13(15)10-8-12)20(17,18-5-2)19-6-3/h4,7-10,16H,1,5-6,11H2,2-3H3. The molecule has 0 heterocycles. The molecule has 1 atom stereocenters. The average Bonchev–Trinajstić information content (AvgIpc) is 2.40. The van der Waals surface area contributed by atoms with Crippen LogP contribution in [0.1, 0.15) is 25.8 Å². The van der Waals surface area contributed by atoms with Gasteiger partial charge in [0.1, 0.15) is 0 Å². The van der Waals surface area contributed by atoms with Crippen molar-refractivity contribution in [1.82, 2.24) is 0 Å². The molecule has 1 aromatic carbocycles. The molecule has 0 aliphatic heterocycles. The molecule has 0 fully saturated rings. The van der Waals surface area contributed by atoms with E-state index < -0.39 is 12.9 Å². The van der Waals surface area contributed by atoms with Gasteiger partial charge in [-0.1, -0.05) is 29.8 Å². The van der Waals surface area contributed by atoms with Gasteiger partial charge in [-0.2, -0.15) is 0 Å². The Balaban J connectivity index is 3.34. The molecular formula is C14H20ClO4P. The molecular weight excluding hydrogens is 299 g/mol. The van der Waals surface area contributed by atoms with Gasteiger partial charge in [-0.25, -0.2) is 0 Å². The van der Waals surface area contributed by atoms with Crippen molar-refractivity contribution in [1.29, 1.82) is 0 Å². The molecule has 0 saturated carbocycles. The SMILES string of the molecule is C=CCC(O)(c1ccc(Cl)cc1)P(=O)(OCC)OCC. The molecule has 4 nitrogen and oxygen atoms in total. The minimum atomic E-state index is -3.75. The predicted molar refractivity (Wildman–Crippen MR) is 81.0 cm³/mol. The molecule has 0 bridgehead atoms. The summed E-state index contributed by atoms with van der Waals surface area (Å²) in [5.41, 5.74) is 0.423. The van der Waals surface area contributed by atoms with Crippen molar-refractivity contribution in [2.75, 3.05) is 13.2 Å². The van der Waals surface area contributed by atoms with Crippen LogP contribution in [0.4, 0.5) is 0 Å². The zero-order valence-corrected chi connectivity index (χ0v) is 13.4. The Morgan fingerprint density at radius 2 is 1.80 bits per heavy atom. The molecule has 0 radical (unpaired) electrons. The Kier molecular flexibility index (Phi) is 6.44. The molecule has 0 aromatic heterocycles. The lowest BCUT2D eigenvalue weighted by Crippen LogP contribution is -2.27. The number of hydrogen-bond acceptors (Lipinski definition) is 4. The molecule has 0 saturated heterocycles. The zero-order chi connectivity index (χ0) is 15.2. The molecule has 0 aliphatic rings. The van der Waals surface area contributed by atoms with E-state index in [1.54, 1.807) is 38.1 Å². The van der Waals surface area contributed by atoms with Crippen LogP contribution < -0.4 is 0 Å². The Hall–Kier alpha value is -0.640. The Bertz CT molecular complexity index is 478. The van der Waals surface area contributed by atoms with Crippen LogP contribution in [0.5, 0.6) is 0 Å². The van der Waals surface area contributed by atoms with Crippen LogP contribution in [0.3, 0.4) is 0 Å². The van der Waals surface area contributed by atoms with Crippen LogP contribution in [-0.2, 0) is 19.0 Å². The van der Waals surface area contributed by atoms with Crippen LogP contribution in [-0.4, -0.2) is 18.3 Å². The van der Waals surface area contributed by atoms with E-state index in [0.29, 0.717) is 10.6 Å². The number of rotatable bonds is 8. The van der Waals surface area contributed by atoms with E-state index in [1.165, 1.54) is 6.08 Å². The first-order chi connectivity index (χ1) is 9.43. The third-order valence-electron chi connectivity index (χ3n) is 2.79. The van der Waals surface area contributed by atoms with Crippen molar-refractivity contribution < 1.29 is 18.7 Å². The molecule has 1 aromatic rings. The van der Waals surface area contributed by atoms with E-state index in [1.807, 2.05) is 0 Å². The van der Waals surface area contributed by atoms with Crippen LogP contribution in [0.2, 0.25) is 5.02 Å². The number of halogens is 1. The molecule has 0 amide bonds. The molecule has 1 rings (SSSR count). The van der Waals surface area contributed by atoms with Gasteiger partial charge in [0.25, 0.3) is 0 Å². The fourth-order valence-corrected chi connectivity index (χ4v) is 4.02. The highest BCUT2D eigenvalue weighted by Crippen LogP contribution is 2.65. The maximum atomic E-state index is 12.9. The fourth-order valence-electron chi connectivity index (χ4n) is 1.90. The van der Waals surface area contributed by atoms with E-state index in [9.17, 15) is 9.67 Å². The van der Waals surface area contributed by atoms with Crippen molar-refractivity contribution in [2.24, 2.45) is 0 Å². The Labute approximate surface area is 124 Å². The quantitative estimate of drug-likeness (QED) is 0.572. The summed E-state index contributed by atoms with van der Waals surface area (Å²) in [6.45, 7) is 7.34. The molecule has 6 heteroatoms. The predicted octanol–water partition coefficient (Wildman–Crippen LogP) is 4.33. The minimum absolute atomic E-state index is 0.0475. The summed E-state index contributed by atoms with van der Waals surface area (Å²) >= 11 is 5.84. The van der Waals surface area contributed by atoms with E-state index >= 15 is 0 Å². The molecule has 1 N–H and O–H groups in total. The highest BCUT2D eigenvalue weighted by Gasteiger charge is 2.50. The summed E-state index contributed by atoms with van der Waals surface area (Å²) in [6.07, 6.45) is 1.53. The maximum Gasteiger partial charge on any atom is 0.366 e. The van der Waals surface area contributed by atoms with E-state index in [0.717, 1.165) is 0 Å². The van der Waals surface area contributed by atoms with Crippen LogP contribution in [0.25, 0.3) is 0 Å². The normalized spacial score (nSPS) is 14.8. The topological polar surface area (TPSA) is 55.8 Å². The number of hydrogen-bond donors (Lipinski definition) is 1. The van der Waals surface area contributed by atoms with Gasteiger partial charge in [0, 0.05) is 11.4 Å². The number of aliphatic hydroxyl groups is 1. The molecule has 112 valence electrons. The first-order valence-corrected chi connectivity index (χ1v) is 8.34. The first kappa shape index (κ1) is 17.4. The van der Waals surface area contributed by atoms with E-state index in [-0.39, 0.29) is 19.6 Å². The van der Waals surface area contributed by atoms with Gasteiger partial charge in [-0.05, 0) is 31.5 Å². The summed E-state index contributed by atoms with van der Waals surface area (Å²) in [6, 6.07) is 6.45. The van der Waals surface area contributed by atoms with Gasteiger partial charge in [0.15, 0.2) is 5.34 Å². The highest BCUT2D eigenvalue weighted by atomic mass is 35.5. The van der Waals surface area contributed by atoms with Crippen molar-refractivity contribution in [3.05, 3.63) is 47.5 Å². The van der Waals surface area contributed by atoms with Gasteiger partial charge in [0.2, 0.25) is 0 Å². The zero-order valence-electron chi connectivity index (χ0n) is 11.7. The second-order valence-electron chi connectivity index (χ2n) is 4.15. The average molecular weight is 319 g/mol. The molecule has 20 heavy (non-hydrogen) atoms. The molecule has 1 unspecified atom stereocenters. The second kappa shape index (κ2) is 7.39. The van der Waals surface area contributed by atoms with Gasteiger partial charge in [0.05, 0.1) is 13.2 Å². The van der Waals surface area contributed by atoms with Crippen molar-refractivity contribution in [3.8, 4) is 0 Å². The highest BCUT2D eigenvalue weighted by molar-refractivity contribution is 7.54. The van der Waals surface area contributed by atoms with Crippen LogP contribution >= 0.6 is 19.2 Å². The maximum absolute atomic E-state index is 12.9. The van der Waals surface area contributed by atoms with Gasteiger partial charge in [-0.15, -0.1) is 6.58 Å². The lowest BCUT2D eigenvalue weighted by atomic mass is 10.1. The Morgan fingerprint density at radius 3 is 2.20 bits per heavy atom.